The van der Waals surface area contributed by atoms with Crippen molar-refractivity contribution in [2.24, 2.45) is 0 Å². The van der Waals surface area contributed by atoms with Crippen LogP contribution in [0.5, 0.6) is 0 Å². The average Bonchev–Trinajstić information content (AvgIpc) is 2.53. The molecule has 3 rings (SSSR count). The van der Waals surface area contributed by atoms with E-state index >= 15 is 0 Å². The van der Waals surface area contributed by atoms with Gasteiger partial charge in [0.05, 0.1) is 20.6 Å². The predicted molar refractivity (Wildman–Crippen MR) is 94.3 cm³/mol. The standard InChI is InChI=1S/C16H13BrCl2N2O2/c1-9(10-3-2-4-12(18)14(10)19)20-7-8-21-13(16(20)23)6-5-11(17)15(21)22/h2-6,9H,7-8H2,1H3. The minimum Gasteiger partial charge on any atom is -0.329 e. The van der Waals surface area contributed by atoms with Crippen LogP contribution in [0.2, 0.25) is 10.0 Å². The highest BCUT2D eigenvalue weighted by Crippen LogP contribution is 2.33. The Kier molecular flexibility index (Phi) is 4.54. The maximum atomic E-state index is 12.8. The fourth-order valence-corrected chi connectivity index (χ4v) is 3.61. The molecule has 4 nitrogen and oxygen atoms in total. The summed E-state index contributed by atoms with van der Waals surface area (Å²) in [7, 11) is 0. The van der Waals surface area contributed by atoms with E-state index in [2.05, 4.69) is 15.9 Å². The molecule has 0 radical (unpaired) electrons. The van der Waals surface area contributed by atoms with Gasteiger partial charge in [-0.1, -0.05) is 35.3 Å². The van der Waals surface area contributed by atoms with E-state index in [1.807, 2.05) is 19.1 Å². The maximum Gasteiger partial charge on any atom is 0.271 e. The summed E-state index contributed by atoms with van der Waals surface area (Å²) in [5.74, 6) is -0.190. The Bertz CT molecular complexity index is 850. The van der Waals surface area contributed by atoms with Crippen LogP contribution in [-0.2, 0) is 6.54 Å². The van der Waals surface area contributed by atoms with Crippen molar-refractivity contribution < 1.29 is 4.79 Å². The van der Waals surface area contributed by atoms with E-state index in [1.165, 1.54) is 4.57 Å². The van der Waals surface area contributed by atoms with Gasteiger partial charge in [0.2, 0.25) is 0 Å². The molecule has 1 amide bonds. The molecule has 1 atom stereocenters. The SMILES string of the molecule is CC(c1cccc(Cl)c1Cl)N1CCn2c(ccc(Br)c2=O)C1=O. The molecule has 2 heterocycles. The summed E-state index contributed by atoms with van der Waals surface area (Å²) < 4.78 is 1.95. The molecule has 1 aliphatic heterocycles. The summed E-state index contributed by atoms with van der Waals surface area (Å²) in [5.41, 5.74) is 0.985. The number of pyridine rings is 1. The smallest absolute Gasteiger partial charge is 0.271 e. The molecular weight excluding hydrogens is 403 g/mol. The van der Waals surface area contributed by atoms with Crippen molar-refractivity contribution in [3.8, 4) is 0 Å². The third-order valence-electron chi connectivity index (χ3n) is 4.07. The lowest BCUT2D eigenvalue weighted by Crippen LogP contribution is -2.45. The predicted octanol–water partition coefficient (Wildman–Crippen LogP) is 4.13. The Hall–Kier alpha value is -1.30. The van der Waals surface area contributed by atoms with Gasteiger partial charge in [0.1, 0.15) is 5.69 Å². The van der Waals surface area contributed by atoms with Gasteiger partial charge in [0.25, 0.3) is 11.5 Å². The summed E-state index contributed by atoms with van der Waals surface area (Å²) in [6.07, 6.45) is 0. The van der Waals surface area contributed by atoms with E-state index in [4.69, 9.17) is 23.2 Å². The number of carbonyl (C=O) groups excluding carboxylic acids is 1. The van der Waals surface area contributed by atoms with Crippen LogP contribution >= 0.6 is 39.1 Å². The quantitative estimate of drug-likeness (QED) is 0.739. The first-order valence-corrected chi connectivity index (χ1v) is 8.61. The Morgan fingerprint density at radius 2 is 1.87 bits per heavy atom. The molecule has 2 aromatic rings. The average molecular weight is 416 g/mol. The van der Waals surface area contributed by atoms with Gasteiger partial charge in [-0.2, -0.15) is 0 Å². The number of aromatic nitrogens is 1. The molecule has 23 heavy (non-hydrogen) atoms. The number of amides is 1. The van der Waals surface area contributed by atoms with E-state index in [0.29, 0.717) is 33.3 Å². The van der Waals surface area contributed by atoms with Gasteiger partial charge in [-0.25, -0.2) is 0 Å². The molecule has 0 N–H and O–H groups in total. The van der Waals surface area contributed by atoms with Crippen LogP contribution in [0.3, 0.4) is 0 Å². The minimum absolute atomic E-state index is 0.190. The Labute approximate surface area is 151 Å². The van der Waals surface area contributed by atoms with Gasteiger partial charge in [0.15, 0.2) is 0 Å². The second-order valence-electron chi connectivity index (χ2n) is 5.34. The molecule has 0 saturated heterocycles. The van der Waals surface area contributed by atoms with Crippen molar-refractivity contribution in [3.63, 3.8) is 0 Å². The second kappa shape index (κ2) is 6.30. The molecule has 1 aromatic heterocycles. The number of halogens is 3. The van der Waals surface area contributed by atoms with E-state index in [9.17, 15) is 9.59 Å². The maximum absolute atomic E-state index is 12.8. The highest BCUT2D eigenvalue weighted by Gasteiger charge is 2.30. The first kappa shape index (κ1) is 16.6. The Morgan fingerprint density at radius 1 is 1.13 bits per heavy atom. The number of carbonyl (C=O) groups is 1. The first-order chi connectivity index (χ1) is 10.9. The Balaban J connectivity index is 1.99. The number of fused-ring (bicyclic) bond motifs is 1. The monoisotopic (exact) mass is 414 g/mol. The summed E-state index contributed by atoms with van der Waals surface area (Å²) in [6, 6.07) is 8.41. The van der Waals surface area contributed by atoms with Crippen LogP contribution in [0, 0.1) is 0 Å². The van der Waals surface area contributed by atoms with E-state index < -0.39 is 0 Å². The topological polar surface area (TPSA) is 42.3 Å². The molecule has 1 aliphatic rings. The number of rotatable bonds is 2. The lowest BCUT2D eigenvalue weighted by atomic mass is 10.1. The summed E-state index contributed by atoms with van der Waals surface area (Å²) in [5, 5.41) is 0.911. The van der Waals surface area contributed by atoms with Gasteiger partial charge in [0, 0.05) is 13.1 Å². The number of hydrogen-bond donors (Lipinski definition) is 0. The summed E-state index contributed by atoms with van der Waals surface area (Å²) in [6.45, 7) is 2.79. The zero-order chi connectivity index (χ0) is 16.7. The van der Waals surface area contributed by atoms with E-state index in [0.717, 1.165) is 5.56 Å². The summed E-state index contributed by atoms with van der Waals surface area (Å²) in [4.78, 5) is 26.6. The van der Waals surface area contributed by atoms with Crippen molar-refractivity contribution in [1.29, 1.82) is 0 Å². The molecular formula is C16H13BrCl2N2O2. The van der Waals surface area contributed by atoms with Gasteiger partial charge in [-0.3, -0.25) is 9.59 Å². The van der Waals surface area contributed by atoms with Crippen LogP contribution in [-0.4, -0.2) is 21.9 Å². The molecule has 0 saturated carbocycles. The van der Waals surface area contributed by atoms with Crippen LogP contribution in [0.1, 0.15) is 29.0 Å². The van der Waals surface area contributed by atoms with Crippen LogP contribution in [0.4, 0.5) is 0 Å². The van der Waals surface area contributed by atoms with Crippen molar-refractivity contribution in [2.45, 2.75) is 19.5 Å². The number of benzene rings is 1. The zero-order valence-electron chi connectivity index (χ0n) is 12.2. The third-order valence-corrected chi connectivity index (χ3v) is 5.51. The second-order valence-corrected chi connectivity index (χ2v) is 6.98. The van der Waals surface area contributed by atoms with Gasteiger partial charge in [-0.05, 0) is 46.6 Å². The van der Waals surface area contributed by atoms with Crippen LogP contribution in [0.25, 0.3) is 0 Å². The van der Waals surface area contributed by atoms with Crippen molar-refractivity contribution in [3.05, 3.63) is 66.5 Å². The number of nitrogens with zero attached hydrogens (tertiary/aromatic N) is 2. The van der Waals surface area contributed by atoms with Crippen molar-refractivity contribution in [2.75, 3.05) is 6.54 Å². The highest BCUT2D eigenvalue weighted by molar-refractivity contribution is 9.10. The third kappa shape index (κ3) is 2.82. The first-order valence-electron chi connectivity index (χ1n) is 7.06. The minimum atomic E-state index is -0.235. The van der Waals surface area contributed by atoms with E-state index in [1.54, 1.807) is 23.1 Å². The molecule has 0 bridgehead atoms. The fraction of sp³-hybridized carbons (Fsp3) is 0.250. The zero-order valence-corrected chi connectivity index (χ0v) is 15.3. The highest BCUT2D eigenvalue weighted by atomic mass is 79.9. The molecule has 1 aromatic carbocycles. The largest absolute Gasteiger partial charge is 0.329 e. The molecule has 1 unspecified atom stereocenters. The normalized spacial score (nSPS) is 15.5. The molecule has 0 fully saturated rings. The van der Waals surface area contributed by atoms with Crippen molar-refractivity contribution in [1.82, 2.24) is 9.47 Å². The fourth-order valence-electron chi connectivity index (χ4n) is 2.80. The molecule has 0 spiro atoms. The number of hydrogen-bond acceptors (Lipinski definition) is 2. The lowest BCUT2D eigenvalue weighted by molar-refractivity contribution is 0.0628. The molecule has 7 heteroatoms. The lowest BCUT2D eigenvalue weighted by Gasteiger charge is -2.34. The van der Waals surface area contributed by atoms with Gasteiger partial charge >= 0.3 is 0 Å². The summed E-state index contributed by atoms with van der Waals surface area (Å²) >= 11 is 15.5. The molecule has 120 valence electrons. The van der Waals surface area contributed by atoms with Crippen LogP contribution < -0.4 is 5.56 Å². The van der Waals surface area contributed by atoms with Crippen LogP contribution in [0.15, 0.2) is 39.6 Å². The van der Waals surface area contributed by atoms with Crippen molar-refractivity contribution >= 4 is 45.0 Å². The van der Waals surface area contributed by atoms with Gasteiger partial charge < -0.3 is 9.47 Å². The Morgan fingerprint density at radius 3 is 2.61 bits per heavy atom. The van der Waals surface area contributed by atoms with Gasteiger partial charge in [-0.15, -0.1) is 0 Å². The molecule has 0 aliphatic carbocycles. The van der Waals surface area contributed by atoms with E-state index in [-0.39, 0.29) is 17.5 Å².